The van der Waals surface area contributed by atoms with Crippen molar-refractivity contribution in [1.82, 2.24) is 0 Å². The summed E-state index contributed by atoms with van der Waals surface area (Å²) in [7, 11) is 0. The molecule has 1 N–H and O–H groups in total. The van der Waals surface area contributed by atoms with E-state index < -0.39 is 0 Å². The summed E-state index contributed by atoms with van der Waals surface area (Å²) in [5.41, 5.74) is 0.760. The van der Waals surface area contributed by atoms with E-state index in [-0.39, 0.29) is 5.82 Å². The lowest BCUT2D eigenvalue weighted by Gasteiger charge is -2.22. The lowest BCUT2D eigenvalue weighted by molar-refractivity contribution is 0.494. The van der Waals surface area contributed by atoms with Gasteiger partial charge in [-0.05, 0) is 40.9 Å². The van der Waals surface area contributed by atoms with E-state index >= 15 is 0 Å². The third-order valence-corrected chi connectivity index (χ3v) is 3.80. The first-order valence-electron chi connectivity index (χ1n) is 5.36. The standard InChI is InChI=1S/C12H16BrClFN/c1-4-7(2)8(3)16-12-10(13)5-9(15)6-11(12)14/h5-8,16H,4H2,1-3H3. The predicted molar refractivity (Wildman–Crippen MR) is 71.6 cm³/mol. The average molecular weight is 309 g/mol. The molecule has 16 heavy (non-hydrogen) atoms. The molecule has 0 aliphatic carbocycles. The van der Waals surface area contributed by atoms with E-state index in [1.165, 1.54) is 12.1 Å². The molecule has 0 spiro atoms. The summed E-state index contributed by atoms with van der Waals surface area (Å²) >= 11 is 9.30. The van der Waals surface area contributed by atoms with Gasteiger partial charge in [-0.3, -0.25) is 0 Å². The van der Waals surface area contributed by atoms with E-state index in [1.54, 1.807) is 0 Å². The molecule has 0 amide bonds. The van der Waals surface area contributed by atoms with Gasteiger partial charge in [0.25, 0.3) is 0 Å². The van der Waals surface area contributed by atoms with Gasteiger partial charge in [0.1, 0.15) is 5.82 Å². The van der Waals surface area contributed by atoms with E-state index in [1.807, 2.05) is 0 Å². The normalized spacial score (nSPS) is 14.6. The maximum absolute atomic E-state index is 13.0. The lowest BCUT2D eigenvalue weighted by Crippen LogP contribution is -2.23. The van der Waals surface area contributed by atoms with Crippen LogP contribution < -0.4 is 5.32 Å². The Balaban J connectivity index is 2.89. The van der Waals surface area contributed by atoms with Crippen LogP contribution in [0.1, 0.15) is 27.2 Å². The van der Waals surface area contributed by atoms with Gasteiger partial charge in [-0.2, -0.15) is 0 Å². The monoisotopic (exact) mass is 307 g/mol. The molecule has 0 bridgehead atoms. The fourth-order valence-corrected chi connectivity index (χ4v) is 2.33. The minimum absolute atomic E-state index is 0.296. The van der Waals surface area contributed by atoms with Gasteiger partial charge in [-0.15, -0.1) is 0 Å². The Hall–Kier alpha value is -0.280. The number of hydrogen-bond acceptors (Lipinski definition) is 1. The first kappa shape index (κ1) is 13.8. The Morgan fingerprint density at radius 3 is 2.56 bits per heavy atom. The summed E-state index contributed by atoms with van der Waals surface area (Å²) < 4.78 is 13.7. The number of benzene rings is 1. The summed E-state index contributed by atoms with van der Waals surface area (Å²) in [6.45, 7) is 6.41. The molecule has 0 aliphatic heterocycles. The highest BCUT2D eigenvalue weighted by Crippen LogP contribution is 2.33. The second-order valence-electron chi connectivity index (χ2n) is 4.06. The molecule has 0 saturated carbocycles. The van der Waals surface area contributed by atoms with Crippen molar-refractivity contribution in [2.45, 2.75) is 33.2 Å². The van der Waals surface area contributed by atoms with Crippen LogP contribution in [0, 0.1) is 11.7 Å². The smallest absolute Gasteiger partial charge is 0.125 e. The van der Waals surface area contributed by atoms with Gasteiger partial charge in [-0.25, -0.2) is 4.39 Å². The molecule has 90 valence electrons. The second-order valence-corrected chi connectivity index (χ2v) is 5.32. The van der Waals surface area contributed by atoms with Crippen molar-refractivity contribution >= 4 is 33.2 Å². The molecule has 0 heterocycles. The number of nitrogens with one attached hydrogen (secondary N) is 1. The van der Waals surface area contributed by atoms with Gasteiger partial charge >= 0.3 is 0 Å². The maximum Gasteiger partial charge on any atom is 0.125 e. The number of halogens is 3. The van der Waals surface area contributed by atoms with Crippen LogP contribution in [0.3, 0.4) is 0 Å². The first-order valence-corrected chi connectivity index (χ1v) is 6.53. The Morgan fingerprint density at radius 1 is 1.44 bits per heavy atom. The third-order valence-electron chi connectivity index (χ3n) is 2.88. The zero-order valence-corrected chi connectivity index (χ0v) is 12.0. The van der Waals surface area contributed by atoms with Gasteiger partial charge < -0.3 is 5.32 Å². The minimum Gasteiger partial charge on any atom is -0.380 e. The number of anilines is 1. The Labute approximate surface area is 110 Å². The molecule has 0 aliphatic rings. The number of rotatable bonds is 4. The van der Waals surface area contributed by atoms with Gasteiger partial charge in [-0.1, -0.05) is 31.9 Å². The van der Waals surface area contributed by atoms with Gasteiger partial charge in [0.05, 0.1) is 10.7 Å². The van der Waals surface area contributed by atoms with Crippen molar-refractivity contribution in [1.29, 1.82) is 0 Å². The molecule has 4 heteroatoms. The molecule has 1 aromatic rings. The van der Waals surface area contributed by atoms with Crippen LogP contribution in [0.15, 0.2) is 16.6 Å². The molecule has 1 aromatic carbocycles. The Kier molecular flexibility index (Phi) is 5.06. The lowest BCUT2D eigenvalue weighted by atomic mass is 10.0. The van der Waals surface area contributed by atoms with Gasteiger partial charge in [0.2, 0.25) is 0 Å². The highest BCUT2D eigenvalue weighted by molar-refractivity contribution is 9.10. The Morgan fingerprint density at radius 2 is 2.06 bits per heavy atom. The largest absolute Gasteiger partial charge is 0.380 e. The van der Waals surface area contributed by atoms with Crippen LogP contribution in [0.5, 0.6) is 0 Å². The van der Waals surface area contributed by atoms with Crippen molar-refractivity contribution in [3.05, 3.63) is 27.4 Å². The highest BCUT2D eigenvalue weighted by atomic mass is 79.9. The van der Waals surface area contributed by atoms with Crippen LogP contribution in [0.25, 0.3) is 0 Å². The van der Waals surface area contributed by atoms with Gasteiger partial charge in [0, 0.05) is 10.5 Å². The summed E-state index contributed by atoms with van der Waals surface area (Å²) in [4.78, 5) is 0. The number of hydrogen-bond donors (Lipinski definition) is 1. The molecule has 2 unspecified atom stereocenters. The second kappa shape index (κ2) is 5.87. The van der Waals surface area contributed by atoms with Gasteiger partial charge in [0.15, 0.2) is 0 Å². The zero-order valence-electron chi connectivity index (χ0n) is 9.65. The van der Waals surface area contributed by atoms with Crippen LogP contribution >= 0.6 is 27.5 Å². The van der Waals surface area contributed by atoms with E-state index in [9.17, 15) is 4.39 Å². The fourth-order valence-electron chi connectivity index (χ4n) is 1.40. The van der Waals surface area contributed by atoms with Crippen molar-refractivity contribution in [2.75, 3.05) is 5.32 Å². The third kappa shape index (κ3) is 3.36. The molecule has 0 saturated heterocycles. The molecule has 1 rings (SSSR count). The summed E-state index contributed by atoms with van der Waals surface area (Å²) in [6, 6.07) is 3.03. The van der Waals surface area contributed by atoms with Crippen LogP contribution in [-0.2, 0) is 0 Å². The Bertz CT molecular complexity index is 347. The van der Waals surface area contributed by atoms with Crippen molar-refractivity contribution in [3.63, 3.8) is 0 Å². The molecule has 0 radical (unpaired) electrons. The van der Waals surface area contributed by atoms with Crippen LogP contribution in [-0.4, -0.2) is 6.04 Å². The summed E-state index contributed by atoms with van der Waals surface area (Å²) in [5, 5.41) is 3.72. The van der Waals surface area contributed by atoms with Crippen molar-refractivity contribution in [2.24, 2.45) is 5.92 Å². The summed E-state index contributed by atoms with van der Waals surface area (Å²) in [5.74, 6) is 0.201. The fraction of sp³-hybridized carbons (Fsp3) is 0.500. The molecule has 0 fully saturated rings. The van der Waals surface area contributed by atoms with Crippen molar-refractivity contribution in [3.8, 4) is 0 Å². The van der Waals surface area contributed by atoms with E-state index in [4.69, 9.17) is 11.6 Å². The van der Waals surface area contributed by atoms with Crippen molar-refractivity contribution < 1.29 is 4.39 Å². The molecule has 1 nitrogen and oxygen atoms in total. The minimum atomic E-state index is -0.335. The van der Waals surface area contributed by atoms with E-state index in [0.29, 0.717) is 21.5 Å². The quantitative estimate of drug-likeness (QED) is 0.817. The van der Waals surface area contributed by atoms with E-state index in [2.05, 4.69) is 42.0 Å². The molecular weight excluding hydrogens is 292 g/mol. The SMILES string of the molecule is CCC(C)C(C)Nc1c(Cl)cc(F)cc1Br. The van der Waals surface area contributed by atoms with Crippen LogP contribution in [0.2, 0.25) is 5.02 Å². The maximum atomic E-state index is 13.0. The molecular formula is C12H16BrClFN. The molecule has 0 aromatic heterocycles. The van der Waals surface area contributed by atoms with Crippen LogP contribution in [0.4, 0.5) is 10.1 Å². The first-order chi connectivity index (χ1) is 7.45. The molecule has 2 atom stereocenters. The summed E-state index contributed by atoms with van der Waals surface area (Å²) in [6.07, 6.45) is 1.09. The predicted octanol–water partition coefficient (Wildman–Crippen LogP) is 5.09. The highest BCUT2D eigenvalue weighted by Gasteiger charge is 2.14. The van der Waals surface area contributed by atoms with E-state index in [0.717, 1.165) is 12.1 Å². The zero-order chi connectivity index (χ0) is 12.3. The average Bonchev–Trinajstić information content (AvgIpc) is 2.21. The topological polar surface area (TPSA) is 12.0 Å².